The fourth-order valence-corrected chi connectivity index (χ4v) is 3.62. The number of methoxy groups -OCH3 is 1. The molecule has 6 nitrogen and oxygen atoms in total. The predicted molar refractivity (Wildman–Crippen MR) is 94.6 cm³/mol. The molecule has 0 spiro atoms. The summed E-state index contributed by atoms with van der Waals surface area (Å²) in [7, 11) is 1.59. The third-order valence-corrected chi connectivity index (χ3v) is 4.86. The van der Waals surface area contributed by atoms with E-state index in [0.29, 0.717) is 22.6 Å². The molecule has 0 radical (unpaired) electrons. The highest BCUT2D eigenvalue weighted by atomic mass is 16.5. The molecule has 0 aliphatic heterocycles. The lowest BCUT2D eigenvalue weighted by molar-refractivity contribution is 0.0521. The van der Waals surface area contributed by atoms with E-state index in [1.807, 2.05) is 6.07 Å². The Kier molecular flexibility index (Phi) is 4.97. The highest BCUT2D eigenvalue weighted by Crippen LogP contribution is 2.40. The zero-order valence-electron chi connectivity index (χ0n) is 14.6. The van der Waals surface area contributed by atoms with Gasteiger partial charge in [-0.1, -0.05) is 19.3 Å². The Morgan fingerprint density at radius 2 is 2.00 bits per heavy atom. The minimum atomic E-state index is -0.835. The summed E-state index contributed by atoms with van der Waals surface area (Å²) in [5.74, 6) is -0.163. The SMILES string of the molecule is CCOC(=O)c1c(O)c2cc(OC)c(C3CCCCC3)cc2[nH]c1=O. The van der Waals surface area contributed by atoms with E-state index < -0.39 is 11.5 Å². The molecule has 134 valence electrons. The molecule has 1 aromatic carbocycles. The van der Waals surface area contributed by atoms with Gasteiger partial charge in [-0.3, -0.25) is 4.79 Å². The monoisotopic (exact) mass is 345 g/mol. The first kappa shape index (κ1) is 17.3. The summed E-state index contributed by atoms with van der Waals surface area (Å²) in [6.45, 7) is 1.77. The van der Waals surface area contributed by atoms with Crippen LogP contribution in [0.1, 0.15) is 60.9 Å². The molecule has 1 aromatic heterocycles. The lowest BCUT2D eigenvalue weighted by Crippen LogP contribution is -2.20. The second-order valence-corrected chi connectivity index (χ2v) is 6.37. The summed E-state index contributed by atoms with van der Waals surface area (Å²) in [5, 5.41) is 10.8. The molecule has 0 amide bonds. The normalized spacial score (nSPS) is 15.3. The molecule has 6 heteroatoms. The topological polar surface area (TPSA) is 88.6 Å². The van der Waals surface area contributed by atoms with Crippen molar-refractivity contribution in [2.45, 2.75) is 44.9 Å². The zero-order chi connectivity index (χ0) is 18.0. The Bertz CT molecular complexity index is 849. The molecule has 25 heavy (non-hydrogen) atoms. The van der Waals surface area contributed by atoms with E-state index >= 15 is 0 Å². The Morgan fingerprint density at radius 1 is 1.28 bits per heavy atom. The van der Waals surface area contributed by atoms with Crippen LogP contribution >= 0.6 is 0 Å². The van der Waals surface area contributed by atoms with Gasteiger partial charge in [0.15, 0.2) is 5.56 Å². The van der Waals surface area contributed by atoms with Gasteiger partial charge in [0.1, 0.15) is 11.5 Å². The van der Waals surface area contributed by atoms with Crippen LogP contribution in [0.25, 0.3) is 10.9 Å². The van der Waals surface area contributed by atoms with Gasteiger partial charge >= 0.3 is 5.97 Å². The van der Waals surface area contributed by atoms with E-state index in [1.165, 1.54) is 19.3 Å². The fraction of sp³-hybridized carbons (Fsp3) is 0.474. The van der Waals surface area contributed by atoms with Crippen LogP contribution in [-0.4, -0.2) is 29.8 Å². The van der Waals surface area contributed by atoms with Crippen molar-refractivity contribution in [3.63, 3.8) is 0 Å². The van der Waals surface area contributed by atoms with Crippen LogP contribution in [0.3, 0.4) is 0 Å². The largest absolute Gasteiger partial charge is 0.506 e. The van der Waals surface area contributed by atoms with Crippen LogP contribution in [0.5, 0.6) is 11.5 Å². The van der Waals surface area contributed by atoms with Crippen LogP contribution in [0.4, 0.5) is 0 Å². The van der Waals surface area contributed by atoms with Crippen molar-refractivity contribution >= 4 is 16.9 Å². The quantitative estimate of drug-likeness (QED) is 0.828. The molecule has 0 saturated heterocycles. The Labute approximate surface area is 145 Å². The third-order valence-electron chi connectivity index (χ3n) is 4.86. The Morgan fingerprint density at radius 3 is 2.64 bits per heavy atom. The summed E-state index contributed by atoms with van der Waals surface area (Å²) in [4.78, 5) is 26.9. The second-order valence-electron chi connectivity index (χ2n) is 6.37. The maximum atomic E-state index is 12.3. The summed E-state index contributed by atoms with van der Waals surface area (Å²) >= 11 is 0. The molecule has 2 N–H and O–H groups in total. The molecule has 1 fully saturated rings. The van der Waals surface area contributed by atoms with Crippen molar-refractivity contribution in [3.8, 4) is 11.5 Å². The second kappa shape index (κ2) is 7.17. The fourth-order valence-electron chi connectivity index (χ4n) is 3.62. The van der Waals surface area contributed by atoms with Gasteiger partial charge in [0.25, 0.3) is 5.56 Å². The molecule has 1 heterocycles. The predicted octanol–water partition coefficient (Wildman–Crippen LogP) is 3.47. The molecular weight excluding hydrogens is 322 g/mol. The highest BCUT2D eigenvalue weighted by Gasteiger charge is 2.24. The van der Waals surface area contributed by atoms with E-state index in [2.05, 4.69) is 4.98 Å². The van der Waals surface area contributed by atoms with Crippen molar-refractivity contribution in [2.24, 2.45) is 0 Å². The molecule has 0 bridgehead atoms. The maximum Gasteiger partial charge on any atom is 0.347 e. The molecule has 1 saturated carbocycles. The number of aromatic nitrogens is 1. The average molecular weight is 345 g/mol. The van der Waals surface area contributed by atoms with Gasteiger partial charge in [0.2, 0.25) is 0 Å². The van der Waals surface area contributed by atoms with E-state index in [-0.39, 0.29) is 17.9 Å². The van der Waals surface area contributed by atoms with E-state index in [4.69, 9.17) is 9.47 Å². The number of carbonyl (C=O) groups excluding carboxylic acids is 1. The van der Waals surface area contributed by atoms with Crippen molar-refractivity contribution in [1.29, 1.82) is 0 Å². The zero-order valence-corrected chi connectivity index (χ0v) is 14.6. The highest BCUT2D eigenvalue weighted by molar-refractivity contribution is 5.99. The third kappa shape index (κ3) is 3.21. The number of hydrogen-bond donors (Lipinski definition) is 2. The number of aromatic amines is 1. The summed E-state index contributed by atoms with van der Waals surface area (Å²) in [5.41, 5.74) is 0.510. The number of fused-ring (bicyclic) bond motifs is 1. The molecule has 2 aromatic rings. The van der Waals surface area contributed by atoms with Crippen LogP contribution in [0.15, 0.2) is 16.9 Å². The number of aromatic hydroxyl groups is 1. The summed E-state index contributed by atoms with van der Waals surface area (Å²) in [6.07, 6.45) is 5.76. The van der Waals surface area contributed by atoms with Gasteiger partial charge in [0, 0.05) is 5.39 Å². The van der Waals surface area contributed by atoms with Gasteiger partial charge in [-0.15, -0.1) is 0 Å². The number of pyridine rings is 1. The van der Waals surface area contributed by atoms with Gasteiger partial charge in [-0.2, -0.15) is 0 Å². The van der Waals surface area contributed by atoms with Gasteiger partial charge in [0.05, 0.1) is 19.2 Å². The smallest absolute Gasteiger partial charge is 0.347 e. The number of rotatable bonds is 4. The molecule has 0 unspecified atom stereocenters. The van der Waals surface area contributed by atoms with Crippen molar-refractivity contribution in [3.05, 3.63) is 33.6 Å². The van der Waals surface area contributed by atoms with Gasteiger partial charge in [-0.25, -0.2) is 4.79 Å². The maximum absolute atomic E-state index is 12.3. The number of benzene rings is 1. The van der Waals surface area contributed by atoms with E-state index in [0.717, 1.165) is 18.4 Å². The molecule has 0 atom stereocenters. The number of nitrogens with one attached hydrogen (secondary N) is 1. The molecular formula is C19H23NO5. The molecule has 3 rings (SSSR count). The summed E-state index contributed by atoms with van der Waals surface area (Å²) < 4.78 is 10.4. The van der Waals surface area contributed by atoms with Crippen molar-refractivity contribution < 1.29 is 19.4 Å². The van der Waals surface area contributed by atoms with E-state index in [1.54, 1.807) is 20.1 Å². The van der Waals surface area contributed by atoms with Crippen LogP contribution in [0.2, 0.25) is 0 Å². The number of ether oxygens (including phenoxy) is 2. The minimum absolute atomic E-state index is 0.125. The van der Waals surface area contributed by atoms with Gasteiger partial charge in [-0.05, 0) is 43.4 Å². The van der Waals surface area contributed by atoms with Crippen molar-refractivity contribution in [1.82, 2.24) is 4.98 Å². The van der Waals surface area contributed by atoms with Gasteiger partial charge < -0.3 is 19.6 Å². The Balaban J connectivity index is 2.16. The first-order valence-electron chi connectivity index (χ1n) is 8.70. The van der Waals surface area contributed by atoms with Crippen LogP contribution in [0, 0.1) is 0 Å². The number of hydrogen-bond acceptors (Lipinski definition) is 5. The molecule has 1 aliphatic carbocycles. The van der Waals surface area contributed by atoms with Crippen LogP contribution < -0.4 is 10.3 Å². The first-order chi connectivity index (χ1) is 12.1. The Hall–Kier alpha value is -2.50. The van der Waals surface area contributed by atoms with E-state index in [9.17, 15) is 14.7 Å². The van der Waals surface area contributed by atoms with Crippen molar-refractivity contribution in [2.75, 3.05) is 13.7 Å². The number of H-pyrrole nitrogens is 1. The lowest BCUT2D eigenvalue weighted by atomic mass is 9.83. The standard InChI is InChI=1S/C19H23NO5/c1-3-25-19(23)16-17(21)13-10-15(24-2)12(9-14(13)20-18(16)22)11-7-5-4-6-8-11/h9-11H,3-8H2,1-2H3,(H2,20,21,22). The summed E-state index contributed by atoms with van der Waals surface area (Å²) in [6, 6.07) is 3.55. The lowest BCUT2D eigenvalue weighted by Gasteiger charge is -2.24. The average Bonchev–Trinajstić information content (AvgIpc) is 2.62. The number of esters is 1. The van der Waals surface area contributed by atoms with Crippen LogP contribution in [-0.2, 0) is 4.74 Å². The first-order valence-corrected chi connectivity index (χ1v) is 8.70. The number of carbonyl (C=O) groups is 1. The molecule has 1 aliphatic rings. The minimum Gasteiger partial charge on any atom is -0.506 e.